The number of hydrogen-bond acceptors (Lipinski definition) is 2. The number of para-hydroxylation sites is 1. The Morgan fingerprint density at radius 2 is 1.58 bits per heavy atom. The predicted molar refractivity (Wildman–Crippen MR) is 98.9 cm³/mol. The number of hydrogen-bond donors (Lipinski definition) is 0. The van der Waals surface area contributed by atoms with E-state index in [1.165, 1.54) is 5.56 Å². The Hall–Kier alpha value is -2.10. The lowest BCUT2D eigenvalue weighted by Gasteiger charge is -2.37. The lowest BCUT2D eigenvalue weighted by atomic mass is 10.0. The Morgan fingerprint density at radius 1 is 0.958 bits per heavy atom. The molecule has 2 aromatic rings. The fraction of sp³-hybridized carbons (Fsp3) is 0.333. The van der Waals surface area contributed by atoms with E-state index >= 15 is 0 Å². The molecular formula is C21H28NO2+. The van der Waals surface area contributed by atoms with E-state index in [2.05, 4.69) is 44.9 Å². The van der Waals surface area contributed by atoms with E-state index in [1.807, 2.05) is 42.5 Å². The third kappa shape index (κ3) is 5.52. The molecule has 0 saturated carbocycles. The van der Waals surface area contributed by atoms with Gasteiger partial charge in [-0.1, -0.05) is 54.6 Å². The highest BCUT2D eigenvalue weighted by molar-refractivity contribution is 5.20. The van der Waals surface area contributed by atoms with E-state index in [0.29, 0.717) is 26.0 Å². The van der Waals surface area contributed by atoms with Gasteiger partial charge in [-0.3, -0.25) is 4.48 Å². The van der Waals surface area contributed by atoms with Gasteiger partial charge in [0, 0.05) is 12.0 Å². The summed E-state index contributed by atoms with van der Waals surface area (Å²) in [5.74, 6) is 0.878. The number of rotatable bonds is 10. The number of ether oxygens (including phenoxy) is 2. The van der Waals surface area contributed by atoms with Crippen molar-refractivity contribution in [2.45, 2.75) is 12.5 Å². The summed E-state index contributed by atoms with van der Waals surface area (Å²) in [5, 5.41) is 0. The van der Waals surface area contributed by atoms with Crippen LogP contribution in [0.5, 0.6) is 5.75 Å². The number of benzene rings is 2. The molecule has 128 valence electrons. The van der Waals surface area contributed by atoms with Crippen LogP contribution in [0.15, 0.2) is 73.3 Å². The van der Waals surface area contributed by atoms with E-state index in [0.717, 1.165) is 16.7 Å². The first kappa shape index (κ1) is 18.2. The van der Waals surface area contributed by atoms with Crippen molar-refractivity contribution in [2.24, 2.45) is 0 Å². The van der Waals surface area contributed by atoms with Crippen LogP contribution in [0.2, 0.25) is 0 Å². The van der Waals surface area contributed by atoms with Crippen molar-refractivity contribution >= 4 is 0 Å². The molecular weight excluding hydrogens is 298 g/mol. The molecule has 0 aliphatic heterocycles. The third-order valence-electron chi connectivity index (χ3n) is 4.08. The molecule has 1 unspecified atom stereocenters. The van der Waals surface area contributed by atoms with Gasteiger partial charge in [0.25, 0.3) is 0 Å². The molecule has 0 aromatic heterocycles. The molecule has 2 rings (SSSR count). The summed E-state index contributed by atoms with van der Waals surface area (Å²) in [7, 11) is 4.39. The second kappa shape index (κ2) is 9.26. The Balaban J connectivity index is 1.83. The van der Waals surface area contributed by atoms with E-state index in [9.17, 15) is 0 Å². The Morgan fingerprint density at radius 3 is 2.21 bits per heavy atom. The first-order chi connectivity index (χ1) is 11.6. The summed E-state index contributed by atoms with van der Waals surface area (Å²) in [6.07, 6.45) is 2.90. The monoisotopic (exact) mass is 326 g/mol. The van der Waals surface area contributed by atoms with Crippen LogP contribution in [0.4, 0.5) is 0 Å². The van der Waals surface area contributed by atoms with Crippen LogP contribution in [0, 0.1) is 0 Å². The topological polar surface area (TPSA) is 18.5 Å². The van der Waals surface area contributed by atoms with Gasteiger partial charge in [-0.05, 0) is 12.1 Å². The average molecular weight is 326 g/mol. The Labute approximate surface area is 145 Å². The molecule has 0 N–H and O–H groups in total. The standard InChI is InChI=1S/C21H28NO2/c1-4-11-21(19-12-7-5-8-13-19)22(2,3)18-23-16-17-24-20-14-9-6-10-15-20/h4-10,12-15,21H,1,11,16-18H2,2-3H3/q+1. The lowest BCUT2D eigenvalue weighted by Crippen LogP contribution is -2.45. The summed E-state index contributed by atoms with van der Waals surface area (Å²) in [6.45, 7) is 5.68. The highest BCUT2D eigenvalue weighted by Gasteiger charge is 2.28. The molecule has 1 atom stereocenters. The van der Waals surface area contributed by atoms with Gasteiger partial charge in [0.15, 0.2) is 6.73 Å². The van der Waals surface area contributed by atoms with Crippen molar-refractivity contribution in [2.75, 3.05) is 34.0 Å². The van der Waals surface area contributed by atoms with Crippen LogP contribution in [0.3, 0.4) is 0 Å². The van der Waals surface area contributed by atoms with Crippen molar-refractivity contribution in [1.29, 1.82) is 0 Å². The van der Waals surface area contributed by atoms with E-state index in [4.69, 9.17) is 9.47 Å². The van der Waals surface area contributed by atoms with Gasteiger partial charge in [0.1, 0.15) is 18.4 Å². The van der Waals surface area contributed by atoms with Gasteiger partial charge in [-0.25, -0.2) is 0 Å². The van der Waals surface area contributed by atoms with Gasteiger partial charge in [-0.15, -0.1) is 6.58 Å². The van der Waals surface area contributed by atoms with Gasteiger partial charge in [-0.2, -0.15) is 0 Å². The van der Waals surface area contributed by atoms with Crippen molar-refractivity contribution in [3.63, 3.8) is 0 Å². The van der Waals surface area contributed by atoms with Gasteiger partial charge >= 0.3 is 0 Å². The Kier molecular flexibility index (Phi) is 7.04. The van der Waals surface area contributed by atoms with Gasteiger partial charge in [0.2, 0.25) is 0 Å². The average Bonchev–Trinajstić information content (AvgIpc) is 2.61. The molecule has 0 spiro atoms. The first-order valence-electron chi connectivity index (χ1n) is 8.37. The van der Waals surface area contributed by atoms with Crippen LogP contribution < -0.4 is 4.74 Å². The zero-order valence-corrected chi connectivity index (χ0v) is 14.7. The first-order valence-corrected chi connectivity index (χ1v) is 8.37. The van der Waals surface area contributed by atoms with Gasteiger partial charge < -0.3 is 9.47 Å². The van der Waals surface area contributed by atoms with Crippen LogP contribution in [0.25, 0.3) is 0 Å². The van der Waals surface area contributed by atoms with Crippen molar-refractivity contribution in [3.8, 4) is 5.75 Å². The molecule has 3 nitrogen and oxygen atoms in total. The third-order valence-corrected chi connectivity index (χ3v) is 4.08. The predicted octanol–water partition coefficient (Wildman–Crippen LogP) is 4.43. The molecule has 0 amide bonds. The lowest BCUT2D eigenvalue weighted by molar-refractivity contribution is -0.938. The minimum atomic E-state index is 0.332. The highest BCUT2D eigenvalue weighted by atomic mass is 16.5. The van der Waals surface area contributed by atoms with Crippen LogP contribution in [-0.2, 0) is 4.74 Å². The summed E-state index contributed by atoms with van der Waals surface area (Å²) < 4.78 is 12.3. The molecule has 24 heavy (non-hydrogen) atoms. The molecule has 0 saturated heterocycles. The molecule has 0 heterocycles. The molecule has 2 aromatic carbocycles. The van der Waals surface area contributed by atoms with Crippen LogP contribution in [-0.4, -0.2) is 38.5 Å². The smallest absolute Gasteiger partial charge is 0.183 e. The quantitative estimate of drug-likeness (QED) is 0.278. The van der Waals surface area contributed by atoms with Crippen molar-refractivity contribution in [3.05, 3.63) is 78.9 Å². The normalized spacial score (nSPS) is 12.6. The van der Waals surface area contributed by atoms with Crippen LogP contribution in [0.1, 0.15) is 18.0 Å². The fourth-order valence-electron chi connectivity index (χ4n) is 2.78. The fourth-order valence-corrected chi connectivity index (χ4v) is 2.78. The summed E-state index contributed by atoms with van der Waals surface area (Å²) >= 11 is 0. The number of quaternary nitrogens is 1. The van der Waals surface area contributed by atoms with Crippen molar-refractivity contribution < 1.29 is 14.0 Å². The molecule has 0 bridgehead atoms. The zero-order valence-electron chi connectivity index (χ0n) is 14.7. The zero-order chi connectivity index (χ0) is 17.3. The maximum absolute atomic E-state index is 5.88. The minimum Gasteiger partial charge on any atom is -0.491 e. The van der Waals surface area contributed by atoms with Crippen molar-refractivity contribution in [1.82, 2.24) is 0 Å². The Bertz CT molecular complexity index is 596. The summed E-state index contributed by atoms with van der Waals surface area (Å²) in [4.78, 5) is 0. The second-order valence-corrected chi connectivity index (χ2v) is 6.43. The SMILES string of the molecule is C=CCC(c1ccccc1)[N+](C)(C)COCCOc1ccccc1. The molecule has 0 radical (unpaired) electrons. The largest absolute Gasteiger partial charge is 0.491 e. The van der Waals surface area contributed by atoms with Crippen LogP contribution >= 0.6 is 0 Å². The highest BCUT2D eigenvalue weighted by Crippen LogP contribution is 2.28. The second-order valence-electron chi connectivity index (χ2n) is 6.43. The summed E-state index contributed by atoms with van der Waals surface area (Å²) in [5.41, 5.74) is 1.31. The van der Waals surface area contributed by atoms with Gasteiger partial charge in [0.05, 0.1) is 20.7 Å². The molecule has 0 aliphatic rings. The minimum absolute atomic E-state index is 0.332. The molecule has 0 aliphatic carbocycles. The maximum Gasteiger partial charge on any atom is 0.183 e. The van der Waals surface area contributed by atoms with E-state index < -0.39 is 0 Å². The summed E-state index contributed by atoms with van der Waals surface area (Å²) in [6, 6.07) is 20.7. The molecule has 3 heteroatoms. The van der Waals surface area contributed by atoms with E-state index in [-0.39, 0.29) is 0 Å². The van der Waals surface area contributed by atoms with E-state index in [1.54, 1.807) is 0 Å². The number of nitrogens with zero attached hydrogens (tertiary/aromatic N) is 1. The maximum atomic E-state index is 5.88. The molecule has 0 fully saturated rings.